The summed E-state index contributed by atoms with van der Waals surface area (Å²) in [5.41, 5.74) is 2.70. The van der Waals surface area contributed by atoms with Crippen molar-refractivity contribution in [1.29, 1.82) is 0 Å². The van der Waals surface area contributed by atoms with E-state index >= 15 is 0 Å². The third-order valence-corrected chi connectivity index (χ3v) is 14.2. The van der Waals surface area contributed by atoms with E-state index in [2.05, 4.69) is 55.4 Å². The standard InChI is InChI=1S/C32H54O2/c1-21-23(34-22(2)33)10-11-24-29(21,6)13-12-25-30(24,7)17-19-32(9)26-20-27(3,4)14-15-28(26,5)16-18-31(25,32)8/h21,23-26H,10-20H2,1-9H3/t21-,23+,24+,25-,26-,28+,29+,30-,31+,32-/m0/s1. The predicted molar refractivity (Wildman–Crippen MR) is 140 cm³/mol. The van der Waals surface area contributed by atoms with Crippen LogP contribution in [0.4, 0.5) is 0 Å². The summed E-state index contributed by atoms with van der Waals surface area (Å²) in [6.07, 6.45) is 15.1. The van der Waals surface area contributed by atoms with Gasteiger partial charge in [0, 0.05) is 6.92 Å². The monoisotopic (exact) mass is 470 g/mol. The fraction of sp³-hybridized carbons (Fsp3) is 0.969. The van der Waals surface area contributed by atoms with Crippen LogP contribution in [0.25, 0.3) is 0 Å². The molecule has 5 aliphatic carbocycles. The molecule has 2 nitrogen and oxygen atoms in total. The molecule has 0 radical (unpaired) electrons. The lowest BCUT2D eigenvalue weighted by atomic mass is 9.30. The summed E-state index contributed by atoms with van der Waals surface area (Å²) < 4.78 is 5.86. The van der Waals surface area contributed by atoms with Gasteiger partial charge < -0.3 is 4.74 Å². The van der Waals surface area contributed by atoms with E-state index in [0.717, 1.165) is 24.2 Å². The molecule has 0 saturated heterocycles. The maximum Gasteiger partial charge on any atom is 0.302 e. The molecule has 0 unspecified atom stereocenters. The Morgan fingerprint density at radius 2 is 1.29 bits per heavy atom. The zero-order valence-electron chi connectivity index (χ0n) is 24.0. The minimum Gasteiger partial charge on any atom is -0.462 e. The van der Waals surface area contributed by atoms with Crippen LogP contribution in [0.5, 0.6) is 0 Å². The molecule has 0 heterocycles. The first kappa shape index (κ1) is 25.1. The van der Waals surface area contributed by atoms with E-state index in [-0.39, 0.29) is 12.1 Å². The first-order valence-corrected chi connectivity index (χ1v) is 14.8. The van der Waals surface area contributed by atoms with Gasteiger partial charge in [-0.25, -0.2) is 0 Å². The molecule has 2 heteroatoms. The van der Waals surface area contributed by atoms with Gasteiger partial charge in [-0.15, -0.1) is 0 Å². The summed E-state index contributed by atoms with van der Waals surface area (Å²) in [6.45, 7) is 22.5. The molecular formula is C32H54O2. The van der Waals surface area contributed by atoms with Crippen LogP contribution >= 0.6 is 0 Å². The van der Waals surface area contributed by atoms with Crippen molar-refractivity contribution in [2.75, 3.05) is 0 Å². The number of hydrogen-bond donors (Lipinski definition) is 0. The second-order valence-corrected chi connectivity index (χ2v) is 16.1. The largest absolute Gasteiger partial charge is 0.462 e. The van der Waals surface area contributed by atoms with Crippen LogP contribution in [0, 0.1) is 56.2 Å². The van der Waals surface area contributed by atoms with E-state index < -0.39 is 0 Å². The summed E-state index contributed by atoms with van der Waals surface area (Å²) >= 11 is 0. The average molecular weight is 471 g/mol. The second-order valence-electron chi connectivity index (χ2n) is 16.1. The molecule has 5 fully saturated rings. The Morgan fingerprint density at radius 1 is 0.676 bits per heavy atom. The van der Waals surface area contributed by atoms with E-state index in [4.69, 9.17) is 4.74 Å². The van der Waals surface area contributed by atoms with Gasteiger partial charge in [0.15, 0.2) is 0 Å². The van der Waals surface area contributed by atoms with Gasteiger partial charge >= 0.3 is 5.97 Å². The molecule has 34 heavy (non-hydrogen) atoms. The number of carbonyl (C=O) groups excluding carboxylic acids is 1. The predicted octanol–water partition coefficient (Wildman–Crippen LogP) is 8.82. The highest BCUT2D eigenvalue weighted by Crippen LogP contribution is 2.78. The first-order chi connectivity index (χ1) is 15.6. The van der Waals surface area contributed by atoms with Crippen LogP contribution in [-0.4, -0.2) is 12.1 Å². The quantitative estimate of drug-likeness (QED) is 0.358. The summed E-state index contributed by atoms with van der Waals surface area (Å²) in [4.78, 5) is 11.8. The Morgan fingerprint density at radius 3 is 1.97 bits per heavy atom. The van der Waals surface area contributed by atoms with Crippen molar-refractivity contribution in [3.05, 3.63) is 0 Å². The Bertz CT molecular complexity index is 846. The van der Waals surface area contributed by atoms with Gasteiger partial charge in [0.1, 0.15) is 6.10 Å². The molecule has 10 atom stereocenters. The molecule has 0 spiro atoms. The highest BCUT2D eigenvalue weighted by molar-refractivity contribution is 5.66. The number of esters is 1. The fourth-order valence-corrected chi connectivity index (χ4v) is 11.7. The van der Waals surface area contributed by atoms with Crippen molar-refractivity contribution in [1.82, 2.24) is 0 Å². The number of rotatable bonds is 1. The molecule has 5 aliphatic rings. The fourth-order valence-electron chi connectivity index (χ4n) is 11.7. The van der Waals surface area contributed by atoms with Crippen molar-refractivity contribution < 1.29 is 9.53 Å². The highest BCUT2D eigenvalue weighted by atomic mass is 16.5. The summed E-state index contributed by atoms with van der Waals surface area (Å²) in [6, 6.07) is 0. The van der Waals surface area contributed by atoms with E-state index in [1.807, 2.05) is 0 Å². The normalized spacial score (nSPS) is 56.3. The van der Waals surface area contributed by atoms with E-state index in [9.17, 15) is 4.79 Å². The maximum absolute atomic E-state index is 11.8. The summed E-state index contributed by atoms with van der Waals surface area (Å²) in [5.74, 6) is 2.84. The molecular weight excluding hydrogens is 416 g/mol. The molecule has 5 rings (SSSR count). The van der Waals surface area contributed by atoms with E-state index in [1.54, 1.807) is 6.92 Å². The van der Waals surface area contributed by atoms with Gasteiger partial charge in [-0.3, -0.25) is 4.79 Å². The summed E-state index contributed by atoms with van der Waals surface area (Å²) in [5, 5.41) is 0. The average Bonchev–Trinajstić information content (AvgIpc) is 2.74. The highest BCUT2D eigenvalue weighted by Gasteiger charge is 2.70. The lowest BCUT2D eigenvalue weighted by Crippen LogP contribution is -2.68. The number of fused-ring (bicyclic) bond motifs is 7. The molecule has 0 N–H and O–H groups in total. The Labute approximate surface area is 210 Å². The zero-order chi connectivity index (χ0) is 24.9. The smallest absolute Gasteiger partial charge is 0.302 e. The van der Waals surface area contributed by atoms with Crippen molar-refractivity contribution in [2.45, 2.75) is 139 Å². The van der Waals surface area contributed by atoms with Crippen LogP contribution in [0.15, 0.2) is 0 Å². The topological polar surface area (TPSA) is 26.3 Å². The van der Waals surface area contributed by atoms with Crippen molar-refractivity contribution >= 4 is 5.97 Å². The molecule has 0 aromatic heterocycles. The minimum atomic E-state index is -0.0968. The van der Waals surface area contributed by atoms with Gasteiger partial charge in [-0.1, -0.05) is 55.4 Å². The Hall–Kier alpha value is -0.530. The van der Waals surface area contributed by atoms with Crippen LogP contribution in [0.3, 0.4) is 0 Å². The molecule has 0 aliphatic heterocycles. The molecule has 0 aromatic carbocycles. The van der Waals surface area contributed by atoms with Gasteiger partial charge in [0.05, 0.1) is 0 Å². The van der Waals surface area contributed by atoms with Gasteiger partial charge in [0.25, 0.3) is 0 Å². The SMILES string of the molecule is CC(=O)O[C@@H]1CC[C@@H]2[C@](C)(CC[C@H]3[C@@]2(C)CC[C@@]2(C)[C@H]4CC(C)(C)CC[C@]4(C)CC[C@]32C)[C@H]1C. The third kappa shape index (κ3) is 3.21. The van der Waals surface area contributed by atoms with E-state index in [1.165, 1.54) is 64.2 Å². The Kier molecular flexibility index (Phi) is 5.55. The van der Waals surface area contributed by atoms with Crippen molar-refractivity contribution in [3.8, 4) is 0 Å². The second kappa shape index (κ2) is 7.50. The van der Waals surface area contributed by atoms with Crippen LogP contribution < -0.4 is 0 Å². The molecule has 5 saturated carbocycles. The Balaban J connectivity index is 1.49. The van der Waals surface area contributed by atoms with Crippen LogP contribution in [0.2, 0.25) is 0 Å². The molecule has 0 aromatic rings. The van der Waals surface area contributed by atoms with Crippen LogP contribution in [0.1, 0.15) is 133 Å². The van der Waals surface area contributed by atoms with Crippen LogP contribution in [-0.2, 0) is 9.53 Å². The molecule has 0 bridgehead atoms. The zero-order valence-corrected chi connectivity index (χ0v) is 24.0. The van der Waals surface area contributed by atoms with Gasteiger partial charge in [0.2, 0.25) is 0 Å². The van der Waals surface area contributed by atoms with Crippen molar-refractivity contribution in [2.24, 2.45) is 56.2 Å². The lowest BCUT2D eigenvalue weighted by Gasteiger charge is -2.75. The maximum atomic E-state index is 11.8. The molecule has 194 valence electrons. The van der Waals surface area contributed by atoms with E-state index in [0.29, 0.717) is 38.4 Å². The minimum absolute atomic E-state index is 0.0968. The third-order valence-electron chi connectivity index (χ3n) is 14.2. The first-order valence-electron chi connectivity index (χ1n) is 14.8. The number of hydrogen-bond acceptors (Lipinski definition) is 2. The summed E-state index contributed by atoms with van der Waals surface area (Å²) in [7, 11) is 0. The van der Waals surface area contributed by atoms with Gasteiger partial charge in [-0.05, 0) is 127 Å². The lowest BCUT2D eigenvalue weighted by molar-refractivity contribution is -0.263. The molecule has 0 amide bonds. The van der Waals surface area contributed by atoms with Crippen molar-refractivity contribution in [3.63, 3.8) is 0 Å². The number of ether oxygens (including phenoxy) is 1. The van der Waals surface area contributed by atoms with Gasteiger partial charge in [-0.2, -0.15) is 0 Å². The number of carbonyl (C=O) groups is 1.